The second kappa shape index (κ2) is 9.14. The van der Waals surface area contributed by atoms with E-state index in [1.54, 1.807) is 43.3 Å². The summed E-state index contributed by atoms with van der Waals surface area (Å²) in [4.78, 5) is 36.1. The molecule has 0 heterocycles. The van der Waals surface area contributed by atoms with E-state index in [1.807, 2.05) is 12.2 Å². The number of nitrogens with zero attached hydrogens (tertiary/aromatic N) is 1. The summed E-state index contributed by atoms with van der Waals surface area (Å²) in [7, 11) is 0. The number of nitro benzene ring substituents is 1. The molecule has 1 amide bonds. The molecule has 0 aliphatic heterocycles. The van der Waals surface area contributed by atoms with Crippen molar-refractivity contribution in [1.29, 1.82) is 0 Å². The number of ether oxygens (including phenoxy) is 1. The van der Waals surface area contributed by atoms with Crippen LogP contribution in [0.25, 0.3) is 0 Å². The van der Waals surface area contributed by atoms with Crippen LogP contribution in [0.4, 0.5) is 11.4 Å². The molecule has 1 aliphatic rings. The minimum atomic E-state index is -1.20. The minimum Gasteiger partial charge on any atom is -0.447 e. The number of carbonyl (C=O) groups excluding carboxylic acids is 2. The van der Waals surface area contributed by atoms with Crippen molar-refractivity contribution in [2.45, 2.75) is 32.3 Å². The van der Waals surface area contributed by atoms with Crippen molar-refractivity contribution in [2.75, 3.05) is 5.32 Å². The number of rotatable bonds is 7. The molecule has 0 spiro atoms. The lowest BCUT2D eigenvalue weighted by Crippen LogP contribution is -2.26. The van der Waals surface area contributed by atoms with Crippen molar-refractivity contribution in [2.24, 2.45) is 5.92 Å². The number of hydrogen-bond acceptors (Lipinski definition) is 5. The summed E-state index contributed by atoms with van der Waals surface area (Å²) in [6, 6.07) is 13.1. The molecule has 150 valence electrons. The summed E-state index contributed by atoms with van der Waals surface area (Å²) >= 11 is 0. The first-order valence-electron chi connectivity index (χ1n) is 9.41. The van der Waals surface area contributed by atoms with Crippen LogP contribution in [0.5, 0.6) is 0 Å². The first kappa shape index (κ1) is 20.3. The lowest BCUT2D eigenvalue weighted by Gasteiger charge is -2.19. The molecule has 7 nitrogen and oxygen atoms in total. The number of aryl methyl sites for hydroxylation is 1. The van der Waals surface area contributed by atoms with Gasteiger partial charge >= 0.3 is 5.97 Å². The highest BCUT2D eigenvalue weighted by Gasteiger charge is 2.28. The van der Waals surface area contributed by atoms with Gasteiger partial charge < -0.3 is 10.1 Å². The normalized spacial score (nSPS) is 16.2. The molecule has 0 radical (unpaired) electrons. The predicted octanol–water partition coefficient (Wildman–Crippen LogP) is 4.48. The third-order valence-electron chi connectivity index (χ3n) is 4.74. The van der Waals surface area contributed by atoms with Gasteiger partial charge in [-0.15, -0.1) is 0 Å². The molecule has 29 heavy (non-hydrogen) atoms. The zero-order chi connectivity index (χ0) is 20.8. The fraction of sp³-hybridized carbons (Fsp3) is 0.273. The highest BCUT2D eigenvalue weighted by atomic mass is 16.6. The average Bonchev–Trinajstić information content (AvgIpc) is 3.21. The van der Waals surface area contributed by atoms with Crippen LogP contribution >= 0.6 is 0 Å². The fourth-order valence-electron chi connectivity index (χ4n) is 3.26. The predicted molar refractivity (Wildman–Crippen MR) is 108 cm³/mol. The van der Waals surface area contributed by atoms with Gasteiger partial charge in [0.1, 0.15) is 5.69 Å². The molecule has 0 unspecified atom stereocenters. The largest absolute Gasteiger partial charge is 0.447 e. The summed E-state index contributed by atoms with van der Waals surface area (Å²) in [5.74, 6) is -1.01. The summed E-state index contributed by atoms with van der Waals surface area (Å²) in [5, 5.41) is 13.9. The van der Waals surface area contributed by atoms with Crippen LogP contribution in [0.15, 0.2) is 60.7 Å². The van der Waals surface area contributed by atoms with Crippen LogP contribution in [0.2, 0.25) is 0 Å². The Kier molecular flexibility index (Phi) is 6.39. The molecule has 3 rings (SSSR count). The third-order valence-corrected chi connectivity index (χ3v) is 4.74. The van der Waals surface area contributed by atoms with Gasteiger partial charge in [0.25, 0.3) is 11.6 Å². The van der Waals surface area contributed by atoms with Crippen molar-refractivity contribution in [3.8, 4) is 0 Å². The van der Waals surface area contributed by atoms with Crippen LogP contribution in [-0.2, 0) is 14.3 Å². The SMILES string of the molecule is Cc1ccc(NC(=O)[C@H](OC(=O)C[C@H]2C=CCC2)c2ccccc2)c([N+](=O)[O-])c1. The molecular formula is C22H22N2O5. The number of anilines is 1. The van der Waals surface area contributed by atoms with Crippen molar-refractivity contribution in [1.82, 2.24) is 0 Å². The maximum Gasteiger partial charge on any atom is 0.307 e. The Balaban J connectivity index is 1.80. The minimum absolute atomic E-state index is 0.0568. The number of hydrogen-bond donors (Lipinski definition) is 1. The molecule has 0 aromatic heterocycles. The zero-order valence-corrected chi connectivity index (χ0v) is 16.0. The quantitative estimate of drug-likeness (QED) is 0.323. The van der Waals surface area contributed by atoms with Crippen molar-refractivity contribution in [3.05, 3.63) is 81.9 Å². The molecular weight excluding hydrogens is 372 g/mol. The van der Waals surface area contributed by atoms with Crippen LogP contribution in [-0.4, -0.2) is 16.8 Å². The average molecular weight is 394 g/mol. The molecule has 0 bridgehead atoms. The summed E-state index contributed by atoms with van der Waals surface area (Å²) in [6.45, 7) is 1.73. The van der Waals surface area contributed by atoms with Crippen molar-refractivity contribution in [3.63, 3.8) is 0 Å². The Morgan fingerprint density at radius 2 is 2.00 bits per heavy atom. The van der Waals surface area contributed by atoms with Gasteiger partial charge in [-0.2, -0.15) is 0 Å². The van der Waals surface area contributed by atoms with E-state index in [0.29, 0.717) is 11.1 Å². The lowest BCUT2D eigenvalue weighted by atomic mass is 10.1. The monoisotopic (exact) mass is 394 g/mol. The number of nitrogens with one attached hydrogen (secondary N) is 1. The summed E-state index contributed by atoms with van der Waals surface area (Å²) in [5.41, 5.74) is 1.04. The first-order valence-corrected chi connectivity index (χ1v) is 9.41. The van der Waals surface area contributed by atoms with E-state index >= 15 is 0 Å². The van der Waals surface area contributed by atoms with E-state index in [4.69, 9.17) is 4.74 Å². The smallest absolute Gasteiger partial charge is 0.307 e. The number of benzene rings is 2. The Morgan fingerprint density at radius 1 is 1.24 bits per heavy atom. The second-order valence-corrected chi connectivity index (χ2v) is 7.02. The van der Waals surface area contributed by atoms with E-state index in [-0.39, 0.29) is 23.7 Å². The van der Waals surface area contributed by atoms with Crippen LogP contribution < -0.4 is 5.32 Å². The molecule has 7 heteroatoms. The van der Waals surface area contributed by atoms with Gasteiger partial charge in [0.2, 0.25) is 6.10 Å². The van der Waals surface area contributed by atoms with E-state index < -0.39 is 22.9 Å². The van der Waals surface area contributed by atoms with Crippen molar-refractivity contribution < 1.29 is 19.2 Å². The third kappa shape index (κ3) is 5.28. The second-order valence-electron chi connectivity index (χ2n) is 7.02. The Hall–Kier alpha value is -3.48. The molecule has 1 aliphatic carbocycles. The molecule has 0 saturated carbocycles. The molecule has 0 fully saturated rings. The number of amides is 1. The van der Waals surface area contributed by atoms with Gasteiger partial charge in [-0.25, -0.2) is 0 Å². The van der Waals surface area contributed by atoms with Gasteiger partial charge in [0.15, 0.2) is 0 Å². The van der Waals surface area contributed by atoms with Crippen molar-refractivity contribution >= 4 is 23.3 Å². The Bertz CT molecular complexity index is 939. The standard InChI is InChI=1S/C22H22N2O5/c1-15-11-12-18(19(13-15)24(27)28)23-22(26)21(17-9-3-2-4-10-17)29-20(25)14-16-7-5-6-8-16/h2-5,7,9-13,16,21H,6,8,14H2,1H3,(H,23,26)/t16-,21+/m0/s1. The maximum atomic E-state index is 12.9. The number of nitro groups is 1. The molecule has 1 N–H and O–H groups in total. The van der Waals surface area contributed by atoms with Crippen LogP contribution in [0, 0.1) is 23.0 Å². The van der Waals surface area contributed by atoms with Gasteiger partial charge in [-0.05, 0) is 37.3 Å². The Labute approximate surface area is 168 Å². The van der Waals surface area contributed by atoms with Crippen LogP contribution in [0.1, 0.15) is 36.5 Å². The highest BCUT2D eigenvalue weighted by Crippen LogP contribution is 2.28. The molecule has 2 aromatic rings. The number of allylic oxidation sites excluding steroid dienone is 2. The van der Waals surface area contributed by atoms with Gasteiger partial charge in [-0.1, -0.05) is 48.6 Å². The zero-order valence-electron chi connectivity index (χ0n) is 16.0. The molecule has 2 atom stereocenters. The number of esters is 1. The molecule has 0 saturated heterocycles. The summed E-state index contributed by atoms with van der Waals surface area (Å²) in [6.07, 6.45) is 4.81. The van der Waals surface area contributed by atoms with Crippen LogP contribution in [0.3, 0.4) is 0 Å². The van der Waals surface area contributed by atoms with Gasteiger partial charge in [0, 0.05) is 11.6 Å². The van der Waals surface area contributed by atoms with Gasteiger partial charge in [0.05, 0.1) is 11.3 Å². The first-order chi connectivity index (χ1) is 13.9. The van der Waals surface area contributed by atoms with E-state index in [1.165, 1.54) is 12.1 Å². The molecule has 2 aromatic carbocycles. The van der Waals surface area contributed by atoms with E-state index in [0.717, 1.165) is 12.8 Å². The topological polar surface area (TPSA) is 98.5 Å². The lowest BCUT2D eigenvalue weighted by molar-refractivity contribution is -0.384. The van der Waals surface area contributed by atoms with Gasteiger partial charge in [-0.3, -0.25) is 19.7 Å². The summed E-state index contributed by atoms with van der Waals surface area (Å²) < 4.78 is 5.50. The highest BCUT2D eigenvalue weighted by molar-refractivity contribution is 5.97. The number of carbonyl (C=O) groups is 2. The maximum absolute atomic E-state index is 12.9. The van der Waals surface area contributed by atoms with E-state index in [9.17, 15) is 19.7 Å². The van der Waals surface area contributed by atoms with E-state index in [2.05, 4.69) is 5.32 Å². The Morgan fingerprint density at radius 3 is 2.66 bits per heavy atom. The fourth-order valence-corrected chi connectivity index (χ4v) is 3.26.